The Morgan fingerprint density at radius 2 is 1.78 bits per heavy atom. The van der Waals surface area contributed by atoms with Crippen molar-refractivity contribution >= 4 is 0 Å². The molecule has 0 fully saturated rings. The van der Waals surface area contributed by atoms with E-state index in [-0.39, 0.29) is 0 Å². The van der Waals surface area contributed by atoms with Crippen LogP contribution >= 0.6 is 0 Å². The Morgan fingerprint density at radius 3 is 2.44 bits per heavy atom. The lowest BCUT2D eigenvalue weighted by Gasteiger charge is -2.17. The molecule has 0 heterocycles. The fraction of sp³-hybridized carbons (Fsp3) is 0.647. The van der Waals surface area contributed by atoms with Crippen LogP contribution in [0.1, 0.15) is 51.5 Å². The van der Waals surface area contributed by atoms with Crippen LogP contribution in [0.4, 0.5) is 0 Å². The zero-order valence-electron chi connectivity index (χ0n) is 12.1. The minimum Gasteiger partial charge on any atom is -0.317 e. The van der Waals surface area contributed by atoms with Crippen LogP contribution in [0.5, 0.6) is 0 Å². The van der Waals surface area contributed by atoms with Crippen molar-refractivity contribution in [2.24, 2.45) is 5.92 Å². The summed E-state index contributed by atoms with van der Waals surface area (Å²) < 4.78 is 0. The zero-order valence-corrected chi connectivity index (χ0v) is 12.1. The Morgan fingerprint density at radius 1 is 1.00 bits per heavy atom. The van der Waals surface area contributed by atoms with Gasteiger partial charge in [0.25, 0.3) is 0 Å². The Balaban J connectivity index is 2.35. The molecular weight excluding hydrogens is 218 g/mol. The second-order valence-corrected chi connectivity index (χ2v) is 5.21. The van der Waals surface area contributed by atoms with E-state index in [1.807, 2.05) is 0 Å². The monoisotopic (exact) mass is 247 g/mol. The highest BCUT2D eigenvalue weighted by atomic mass is 14.8. The van der Waals surface area contributed by atoms with Gasteiger partial charge in [-0.1, -0.05) is 69.9 Å². The second-order valence-electron chi connectivity index (χ2n) is 5.21. The van der Waals surface area contributed by atoms with Crippen molar-refractivity contribution in [2.45, 2.75) is 52.4 Å². The number of unbranched alkanes of at least 4 members (excludes halogenated alkanes) is 3. The molecule has 1 rings (SSSR count). The molecular formula is C17H29N. The van der Waals surface area contributed by atoms with Gasteiger partial charge in [0.1, 0.15) is 0 Å². The summed E-state index contributed by atoms with van der Waals surface area (Å²) in [5.74, 6) is 0.796. The fourth-order valence-corrected chi connectivity index (χ4v) is 2.43. The molecule has 1 heteroatoms. The smallest absolute Gasteiger partial charge is 0.00175 e. The van der Waals surface area contributed by atoms with Gasteiger partial charge in [-0.3, -0.25) is 0 Å². The van der Waals surface area contributed by atoms with Crippen LogP contribution in [0.15, 0.2) is 30.3 Å². The summed E-state index contributed by atoms with van der Waals surface area (Å²) in [5.41, 5.74) is 1.48. The summed E-state index contributed by atoms with van der Waals surface area (Å²) in [7, 11) is 0. The molecule has 18 heavy (non-hydrogen) atoms. The first-order valence-corrected chi connectivity index (χ1v) is 7.61. The van der Waals surface area contributed by atoms with Gasteiger partial charge >= 0.3 is 0 Å². The highest BCUT2D eigenvalue weighted by Crippen LogP contribution is 2.16. The van der Waals surface area contributed by atoms with Gasteiger partial charge in [-0.05, 0) is 37.4 Å². The lowest BCUT2D eigenvalue weighted by molar-refractivity contribution is 0.426. The van der Waals surface area contributed by atoms with E-state index in [0.717, 1.165) is 19.0 Å². The number of rotatable bonds is 10. The van der Waals surface area contributed by atoms with Gasteiger partial charge in [0, 0.05) is 0 Å². The standard InChI is InChI=1S/C17H29N/c1-3-5-6-8-13-17(15-18-4-2)14-16-11-9-7-10-12-16/h7,9-12,17-18H,3-6,8,13-15H2,1-2H3. The molecule has 1 aromatic carbocycles. The normalized spacial score (nSPS) is 12.6. The number of benzene rings is 1. The maximum absolute atomic E-state index is 3.51. The third kappa shape index (κ3) is 6.80. The maximum atomic E-state index is 3.51. The molecule has 0 aliphatic heterocycles. The van der Waals surface area contributed by atoms with Crippen LogP contribution in [0, 0.1) is 5.92 Å². The van der Waals surface area contributed by atoms with Crippen molar-refractivity contribution in [3.8, 4) is 0 Å². The van der Waals surface area contributed by atoms with E-state index in [1.165, 1.54) is 44.1 Å². The van der Waals surface area contributed by atoms with Crippen LogP contribution in [0.2, 0.25) is 0 Å². The third-order valence-corrected chi connectivity index (χ3v) is 3.52. The van der Waals surface area contributed by atoms with Gasteiger partial charge in [0.05, 0.1) is 0 Å². The lowest BCUT2D eigenvalue weighted by Crippen LogP contribution is -2.24. The first-order valence-electron chi connectivity index (χ1n) is 7.61. The van der Waals surface area contributed by atoms with E-state index in [9.17, 15) is 0 Å². The molecule has 0 aliphatic carbocycles. The molecule has 0 amide bonds. The van der Waals surface area contributed by atoms with Crippen LogP contribution in [-0.4, -0.2) is 13.1 Å². The fourth-order valence-electron chi connectivity index (χ4n) is 2.43. The predicted octanol–water partition coefficient (Wildman–Crippen LogP) is 4.43. The maximum Gasteiger partial charge on any atom is -0.00175 e. The zero-order chi connectivity index (χ0) is 13.1. The van der Waals surface area contributed by atoms with Crippen molar-refractivity contribution in [2.75, 3.05) is 13.1 Å². The summed E-state index contributed by atoms with van der Waals surface area (Å²) in [4.78, 5) is 0. The molecule has 0 saturated carbocycles. The van der Waals surface area contributed by atoms with E-state index in [1.54, 1.807) is 0 Å². The Labute approximate surface area is 113 Å². The Bertz CT molecular complexity index is 281. The minimum absolute atomic E-state index is 0.796. The molecule has 0 radical (unpaired) electrons. The Kier molecular flexibility index (Phi) is 8.58. The van der Waals surface area contributed by atoms with Crippen LogP contribution in [-0.2, 0) is 6.42 Å². The van der Waals surface area contributed by atoms with Crippen LogP contribution in [0.25, 0.3) is 0 Å². The quantitative estimate of drug-likeness (QED) is 0.603. The highest BCUT2D eigenvalue weighted by molar-refractivity contribution is 5.15. The average Bonchev–Trinajstić information content (AvgIpc) is 2.41. The Hall–Kier alpha value is -0.820. The molecule has 0 spiro atoms. The van der Waals surface area contributed by atoms with Crippen molar-refractivity contribution in [3.63, 3.8) is 0 Å². The predicted molar refractivity (Wildman–Crippen MR) is 80.9 cm³/mol. The van der Waals surface area contributed by atoms with E-state index in [0.29, 0.717) is 0 Å². The molecule has 102 valence electrons. The molecule has 0 aliphatic rings. The van der Waals surface area contributed by atoms with Gasteiger partial charge < -0.3 is 5.32 Å². The molecule has 1 unspecified atom stereocenters. The van der Waals surface area contributed by atoms with Crippen LogP contribution in [0.3, 0.4) is 0 Å². The third-order valence-electron chi connectivity index (χ3n) is 3.52. The molecule has 0 bridgehead atoms. The van der Waals surface area contributed by atoms with Gasteiger partial charge in [0.2, 0.25) is 0 Å². The van der Waals surface area contributed by atoms with Crippen molar-refractivity contribution in [1.82, 2.24) is 5.32 Å². The number of hydrogen-bond donors (Lipinski definition) is 1. The van der Waals surface area contributed by atoms with E-state index >= 15 is 0 Å². The van der Waals surface area contributed by atoms with E-state index in [4.69, 9.17) is 0 Å². The van der Waals surface area contributed by atoms with E-state index < -0.39 is 0 Å². The summed E-state index contributed by atoms with van der Waals surface area (Å²) in [5, 5.41) is 3.51. The molecule has 1 aromatic rings. The van der Waals surface area contributed by atoms with Crippen LogP contribution < -0.4 is 5.32 Å². The van der Waals surface area contributed by atoms with Crippen molar-refractivity contribution in [1.29, 1.82) is 0 Å². The summed E-state index contributed by atoms with van der Waals surface area (Å²) in [6.07, 6.45) is 8.09. The number of nitrogens with one attached hydrogen (secondary N) is 1. The molecule has 1 N–H and O–H groups in total. The van der Waals surface area contributed by atoms with Crippen molar-refractivity contribution < 1.29 is 0 Å². The molecule has 0 saturated heterocycles. The first-order chi connectivity index (χ1) is 8.86. The van der Waals surface area contributed by atoms with Gasteiger partial charge in [-0.2, -0.15) is 0 Å². The summed E-state index contributed by atoms with van der Waals surface area (Å²) in [6.45, 7) is 6.72. The van der Waals surface area contributed by atoms with Gasteiger partial charge in [0.15, 0.2) is 0 Å². The molecule has 0 aromatic heterocycles. The lowest BCUT2D eigenvalue weighted by atomic mass is 9.93. The summed E-state index contributed by atoms with van der Waals surface area (Å²) in [6, 6.07) is 10.9. The largest absolute Gasteiger partial charge is 0.317 e. The topological polar surface area (TPSA) is 12.0 Å². The van der Waals surface area contributed by atoms with Crippen molar-refractivity contribution in [3.05, 3.63) is 35.9 Å². The molecule has 1 atom stereocenters. The minimum atomic E-state index is 0.796. The van der Waals surface area contributed by atoms with Gasteiger partial charge in [-0.15, -0.1) is 0 Å². The SMILES string of the molecule is CCCCCCC(CNCC)Cc1ccccc1. The molecule has 1 nitrogen and oxygen atoms in total. The average molecular weight is 247 g/mol. The first kappa shape index (κ1) is 15.2. The van der Waals surface area contributed by atoms with E-state index in [2.05, 4.69) is 49.5 Å². The summed E-state index contributed by atoms with van der Waals surface area (Å²) >= 11 is 0. The number of hydrogen-bond acceptors (Lipinski definition) is 1. The second kappa shape index (κ2) is 10.1. The highest BCUT2D eigenvalue weighted by Gasteiger charge is 2.08. The van der Waals surface area contributed by atoms with Gasteiger partial charge in [-0.25, -0.2) is 0 Å².